The molecule has 1 amide bonds. The lowest BCUT2D eigenvalue weighted by Gasteiger charge is -2.02. The van der Waals surface area contributed by atoms with Crippen molar-refractivity contribution < 1.29 is 4.79 Å². The Morgan fingerprint density at radius 3 is 2.57 bits per heavy atom. The molecule has 0 spiro atoms. The van der Waals surface area contributed by atoms with Gasteiger partial charge in [-0.3, -0.25) is 9.48 Å². The van der Waals surface area contributed by atoms with E-state index < -0.39 is 0 Å². The van der Waals surface area contributed by atoms with Crippen LogP contribution in [0.5, 0.6) is 0 Å². The molecule has 118 valence electrons. The summed E-state index contributed by atoms with van der Waals surface area (Å²) >= 11 is 13.3. The number of amides is 1. The van der Waals surface area contributed by atoms with Crippen molar-refractivity contribution in [2.45, 2.75) is 13.5 Å². The molecule has 0 fully saturated rings. The summed E-state index contributed by atoms with van der Waals surface area (Å²) in [4.78, 5) is 13.4. The van der Waals surface area contributed by atoms with E-state index >= 15 is 0 Å². The lowest BCUT2D eigenvalue weighted by Crippen LogP contribution is -2.13. The zero-order chi connectivity index (χ0) is 16.4. The second-order valence-corrected chi connectivity index (χ2v) is 6.95. The van der Waals surface area contributed by atoms with Crippen molar-refractivity contribution in [1.82, 2.24) is 9.78 Å². The van der Waals surface area contributed by atoms with Crippen molar-refractivity contribution in [1.29, 1.82) is 0 Å². The van der Waals surface area contributed by atoms with Crippen LogP contribution in [0, 0.1) is 0 Å². The number of carbonyl (C=O) groups is 1. The quantitative estimate of drug-likeness (QED) is 0.691. The number of rotatable bonds is 4. The molecule has 4 nitrogen and oxygen atoms in total. The van der Waals surface area contributed by atoms with Gasteiger partial charge in [0, 0.05) is 17.3 Å². The summed E-state index contributed by atoms with van der Waals surface area (Å²) in [7, 11) is 0. The van der Waals surface area contributed by atoms with Gasteiger partial charge in [0.2, 0.25) is 0 Å². The van der Waals surface area contributed by atoms with E-state index in [9.17, 15) is 4.79 Å². The molecule has 0 aliphatic carbocycles. The van der Waals surface area contributed by atoms with Crippen LogP contribution in [0.3, 0.4) is 0 Å². The third kappa shape index (κ3) is 3.58. The van der Waals surface area contributed by atoms with Crippen molar-refractivity contribution in [3.05, 3.63) is 57.5 Å². The summed E-state index contributed by atoms with van der Waals surface area (Å²) in [5, 5.41) is 7.80. The van der Waals surface area contributed by atoms with Crippen LogP contribution in [0.15, 0.2) is 42.5 Å². The predicted molar refractivity (Wildman–Crippen MR) is 95.6 cm³/mol. The van der Waals surface area contributed by atoms with Gasteiger partial charge in [0.15, 0.2) is 5.69 Å². The normalized spacial score (nSPS) is 10.7. The van der Waals surface area contributed by atoms with Gasteiger partial charge < -0.3 is 5.32 Å². The molecule has 0 unspecified atom stereocenters. The topological polar surface area (TPSA) is 46.9 Å². The van der Waals surface area contributed by atoms with Crippen molar-refractivity contribution >= 4 is 46.1 Å². The molecule has 0 saturated carbocycles. The number of nitrogens with zero attached hydrogens (tertiary/aromatic N) is 2. The van der Waals surface area contributed by atoms with Gasteiger partial charge in [-0.05, 0) is 49.4 Å². The number of aromatic nitrogens is 2. The molecule has 1 N–H and O–H groups in total. The second-order valence-electron chi connectivity index (χ2n) is 4.80. The first-order valence-electron chi connectivity index (χ1n) is 6.97. The number of anilines is 1. The molecule has 3 aromatic rings. The monoisotopic (exact) mass is 365 g/mol. The van der Waals surface area contributed by atoms with Gasteiger partial charge >= 0.3 is 0 Å². The molecule has 0 aliphatic heterocycles. The zero-order valence-electron chi connectivity index (χ0n) is 12.2. The highest BCUT2D eigenvalue weighted by Crippen LogP contribution is 2.31. The van der Waals surface area contributed by atoms with Crippen LogP contribution in [0.1, 0.15) is 17.4 Å². The fourth-order valence-electron chi connectivity index (χ4n) is 2.15. The van der Waals surface area contributed by atoms with E-state index in [-0.39, 0.29) is 5.91 Å². The Morgan fingerprint density at radius 1 is 1.22 bits per heavy atom. The standard InChI is InChI=1S/C16H13Cl2N3OS/c1-2-21-13(14-7-8-15(18)23-14)9-12(20-21)16(22)19-11-5-3-10(17)4-6-11/h3-9H,2H2,1H3,(H,19,22). The Hall–Kier alpha value is -1.82. The number of hydrogen-bond acceptors (Lipinski definition) is 3. The molecule has 7 heteroatoms. The van der Waals surface area contributed by atoms with Gasteiger partial charge in [-0.1, -0.05) is 23.2 Å². The van der Waals surface area contributed by atoms with E-state index in [1.165, 1.54) is 11.3 Å². The molecular weight excluding hydrogens is 353 g/mol. The predicted octanol–water partition coefficient (Wildman–Crippen LogP) is 5.19. The highest BCUT2D eigenvalue weighted by Gasteiger charge is 2.16. The molecule has 3 rings (SSSR count). The third-order valence-electron chi connectivity index (χ3n) is 3.24. The van der Waals surface area contributed by atoms with E-state index in [4.69, 9.17) is 23.2 Å². The Morgan fingerprint density at radius 2 is 1.96 bits per heavy atom. The van der Waals surface area contributed by atoms with Gasteiger partial charge in [0.25, 0.3) is 5.91 Å². The molecule has 23 heavy (non-hydrogen) atoms. The first-order valence-corrected chi connectivity index (χ1v) is 8.54. The first-order chi connectivity index (χ1) is 11.1. The second kappa shape index (κ2) is 6.74. The third-order valence-corrected chi connectivity index (χ3v) is 4.75. The summed E-state index contributed by atoms with van der Waals surface area (Å²) in [6.07, 6.45) is 0. The van der Waals surface area contributed by atoms with Crippen LogP contribution in [-0.4, -0.2) is 15.7 Å². The molecule has 0 radical (unpaired) electrons. The van der Waals surface area contributed by atoms with Crippen LogP contribution < -0.4 is 5.32 Å². The summed E-state index contributed by atoms with van der Waals surface area (Å²) in [6, 6.07) is 12.5. The van der Waals surface area contributed by atoms with E-state index in [0.717, 1.165) is 10.6 Å². The van der Waals surface area contributed by atoms with Crippen LogP contribution in [0.25, 0.3) is 10.6 Å². The Kier molecular flexibility index (Phi) is 4.71. The van der Waals surface area contributed by atoms with Gasteiger partial charge in [-0.15, -0.1) is 11.3 Å². The van der Waals surface area contributed by atoms with Crippen molar-refractivity contribution in [2.75, 3.05) is 5.32 Å². The van der Waals surface area contributed by atoms with E-state index in [2.05, 4.69) is 10.4 Å². The van der Waals surface area contributed by atoms with Crippen LogP contribution in [0.2, 0.25) is 9.36 Å². The number of aryl methyl sites for hydroxylation is 1. The highest BCUT2D eigenvalue weighted by molar-refractivity contribution is 7.19. The summed E-state index contributed by atoms with van der Waals surface area (Å²) in [5.74, 6) is -0.261. The SMILES string of the molecule is CCn1nc(C(=O)Nc2ccc(Cl)cc2)cc1-c1ccc(Cl)s1. The maximum atomic E-state index is 12.4. The molecule has 0 atom stereocenters. The number of halogens is 2. The van der Waals surface area contributed by atoms with E-state index in [0.29, 0.717) is 27.3 Å². The number of nitrogens with one attached hydrogen (secondary N) is 1. The first kappa shape index (κ1) is 16.1. The smallest absolute Gasteiger partial charge is 0.276 e. The molecular formula is C16H13Cl2N3OS. The van der Waals surface area contributed by atoms with Crippen molar-refractivity contribution in [2.24, 2.45) is 0 Å². The van der Waals surface area contributed by atoms with Gasteiger partial charge in [0.05, 0.1) is 14.9 Å². The number of carbonyl (C=O) groups excluding carboxylic acids is 1. The Labute approximate surface area is 147 Å². The summed E-state index contributed by atoms with van der Waals surface area (Å²) in [5.41, 5.74) is 1.91. The lowest BCUT2D eigenvalue weighted by atomic mass is 10.2. The van der Waals surface area contributed by atoms with Crippen LogP contribution in [-0.2, 0) is 6.54 Å². The minimum atomic E-state index is -0.261. The number of thiophene rings is 1. The minimum absolute atomic E-state index is 0.261. The number of hydrogen-bond donors (Lipinski definition) is 1. The Bertz CT molecular complexity index is 839. The highest BCUT2D eigenvalue weighted by atomic mass is 35.5. The largest absolute Gasteiger partial charge is 0.321 e. The molecule has 0 bridgehead atoms. The van der Waals surface area contributed by atoms with E-state index in [1.807, 2.05) is 19.1 Å². The maximum absolute atomic E-state index is 12.4. The van der Waals surface area contributed by atoms with Crippen LogP contribution in [0.4, 0.5) is 5.69 Å². The average molecular weight is 366 g/mol. The molecule has 0 aliphatic rings. The molecule has 2 aromatic heterocycles. The zero-order valence-corrected chi connectivity index (χ0v) is 14.5. The van der Waals surface area contributed by atoms with Crippen LogP contribution >= 0.6 is 34.5 Å². The van der Waals surface area contributed by atoms with E-state index in [1.54, 1.807) is 35.0 Å². The van der Waals surface area contributed by atoms with Crippen molar-refractivity contribution in [3.8, 4) is 10.6 Å². The van der Waals surface area contributed by atoms with Crippen molar-refractivity contribution in [3.63, 3.8) is 0 Å². The average Bonchev–Trinajstić information content (AvgIpc) is 3.15. The molecule has 2 heterocycles. The minimum Gasteiger partial charge on any atom is -0.321 e. The fourth-order valence-corrected chi connectivity index (χ4v) is 3.34. The molecule has 0 saturated heterocycles. The van der Waals surface area contributed by atoms with Gasteiger partial charge in [0.1, 0.15) is 0 Å². The lowest BCUT2D eigenvalue weighted by molar-refractivity contribution is 0.102. The summed E-state index contributed by atoms with van der Waals surface area (Å²) < 4.78 is 2.50. The maximum Gasteiger partial charge on any atom is 0.276 e. The Balaban J connectivity index is 1.86. The van der Waals surface area contributed by atoms with Gasteiger partial charge in [-0.2, -0.15) is 5.10 Å². The fraction of sp³-hybridized carbons (Fsp3) is 0.125. The molecule has 1 aromatic carbocycles. The number of benzene rings is 1. The summed E-state index contributed by atoms with van der Waals surface area (Å²) in [6.45, 7) is 2.64. The van der Waals surface area contributed by atoms with Gasteiger partial charge in [-0.25, -0.2) is 0 Å².